The molecule has 8 nitrogen and oxygen atoms in total. The zero-order valence-corrected chi connectivity index (χ0v) is 15.2. The molecule has 0 aliphatic carbocycles. The average molecular weight is 369 g/mol. The van der Waals surface area contributed by atoms with Gasteiger partial charge in [-0.05, 0) is 38.5 Å². The number of hydrogen-bond donors (Lipinski definition) is 0. The molecule has 27 heavy (non-hydrogen) atoms. The number of hydrogen-bond acceptors (Lipinski definition) is 5. The highest BCUT2D eigenvalue weighted by Gasteiger charge is 2.21. The van der Waals surface area contributed by atoms with E-state index in [2.05, 4.69) is 0 Å². The SMILES string of the molecule is CC(C)(C)OC(=O)n1ccc2cccc(Cn3cccc([N+](=O)[O-])c3=O)c21. The van der Waals surface area contributed by atoms with E-state index in [9.17, 15) is 19.7 Å². The second-order valence-corrected chi connectivity index (χ2v) is 7.10. The molecular weight excluding hydrogens is 350 g/mol. The highest BCUT2D eigenvalue weighted by molar-refractivity contribution is 5.91. The van der Waals surface area contributed by atoms with Crippen LogP contribution in [0.25, 0.3) is 10.9 Å². The predicted octanol–water partition coefficient (Wildman–Crippen LogP) is 3.54. The molecule has 0 radical (unpaired) electrons. The van der Waals surface area contributed by atoms with Crippen molar-refractivity contribution in [1.29, 1.82) is 0 Å². The fraction of sp³-hybridized carbons (Fsp3) is 0.263. The van der Waals surface area contributed by atoms with Crippen molar-refractivity contribution in [2.24, 2.45) is 0 Å². The Kier molecular flexibility index (Phi) is 4.57. The molecule has 8 heteroatoms. The third kappa shape index (κ3) is 3.74. The summed E-state index contributed by atoms with van der Waals surface area (Å²) in [7, 11) is 0. The van der Waals surface area contributed by atoms with E-state index in [1.807, 2.05) is 6.07 Å². The first-order valence-electron chi connectivity index (χ1n) is 8.33. The lowest BCUT2D eigenvalue weighted by molar-refractivity contribution is -0.386. The first kappa shape index (κ1) is 18.4. The Bertz CT molecular complexity index is 1090. The van der Waals surface area contributed by atoms with Gasteiger partial charge in [0, 0.05) is 23.8 Å². The average Bonchev–Trinajstić information content (AvgIpc) is 3.00. The normalized spacial score (nSPS) is 11.5. The molecule has 0 fully saturated rings. The van der Waals surface area contributed by atoms with Crippen LogP contribution < -0.4 is 5.56 Å². The van der Waals surface area contributed by atoms with E-state index < -0.39 is 27.9 Å². The highest BCUT2D eigenvalue weighted by Crippen LogP contribution is 2.23. The maximum Gasteiger partial charge on any atom is 0.419 e. The predicted molar refractivity (Wildman–Crippen MR) is 100 cm³/mol. The van der Waals surface area contributed by atoms with Gasteiger partial charge in [0.1, 0.15) is 5.60 Å². The maximum atomic E-state index is 12.5. The Morgan fingerprint density at radius 3 is 2.56 bits per heavy atom. The number of nitrogens with zero attached hydrogens (tertiary/aromatic N) is 3. The molecule has 0 aliphatic heterocycles. The first-order chi connectivity index (χ1) is 12.7. The summed E-state index contributed by atoms with van der Waals surface area (Å²) in [5.74, 6) is 0. The van der Waals surface area contributed by atoms with Crippen LogP contribution in [0.1, 0.15) is 26.3 Å². The van der Waals surface area contributed by atoms with Gasteiger partial charge in [-0.3, -0.25) is 19.5 Å². The minimum atomic E-state index is -0.706. The molecule has 0 amide bonds. The van der Waals surface area contributed by atoms with E-state index in [1.54, 1.807) is 45.2 Å². The molecule has 3 rings (SSSR count). The number of pyridine rings is 1. The summed E-state index contributed by atoms with van der Waals surface area (Å²) in [5, 5.41) is 11.8. The van der Waals surface area contributed by atoms with Crippen molar-refractivity contribution >= 4 is 22.7 Å². The van der Waals surface area contributed by atoms with Crippen LogP contribution in [-0.2, 0) is 11.3 Å². The maximum absolute atomic E-state index is 12.5. The summed E-state index contributed by atoms with van der Waals surface area (Å²) in [6, 6.07) is 9.82. The number of rotatable bonds is 3. The number of carbonyl (C=O) groups excluding carboxylic acids is 1. The summed E-state index contributed by atoms with van der Waals surface area (Å²) in [5.41, 5.74) is -0.572. The van der Waals surface area contributed by atoms with E-state index in [-0.39, 0.29) is 6.54 Å². The van der Waals surface area contributed by atoms with Crippen LogP contribution >= 0.6 is 0 Å². The van der Waals surface area contributed by atoms with Gasteiger partial charge in [0.05, 0.1) is 17.0 Å². The Hall–Kier alpha value is -3.42. The van der Waals surface area contributed by atoms with E-state index >= 15 is 0 Å². The molecule has 0 saturated carbocycles. The minimum absolute atomic E-state index is 0.0880. The molecule has 0 N–H and O–H groups in total. The Labute approximate surface area is 154 Å². The van der Waals surface area contributed by atoms with E-state index in [0.717, 1.165) is 5.39 Å². The monoisotopic (exact) mass is 369 g/mol. The summed E-state index contributed by atoms with van der Waals surface area (Å²) in [4.78, 5) is 35.1. The fourth-order valence-corrected chi connectivity index (χ4v) is 2.83. The van der Waals surface area contributed by atoms with Crippen molar-refractivity contribution < 1.29 is 14.5 Å². The van der Waals surface area contributed by atoms with Crippen LogP contribution in [0, 0.1) is 10.1 Å². The third-order valence-electron chi connectivity index (χ3n) is 3.92. The van der Waals surface area contributed by atoms with Crippen molar-refractivity contribution in [2.45, 2.75) is 32.9 Å². The fourth-order valence-electron chi connectivity index (χ4n) is 2.83. The summed E-state index contributed by atoms with van der Waals surface area (Å²) < 4.78 is 8.07. The molecule has 0 saturated heterocycles. The van der Waals surface area contributed by atoms with Crippen molar-refractivity contribution in [1.82, 2.24) is 9.13 Å². The summed E-state index contributed by atoms with van der Waals surface area (Å²) in [6.45, 7) is 5.42. The molecule has 0 atom stereocenters. The Morgan fingerprint density at radius 2 is 1.89 bits per heavy atom. The number of aromatic nitrogens is 2. The van der Waals surface area contributed by atoms with Crippen LogP contribution in [0.5, 0.6) is 0 Å². The molecule has 0 spiro atoms. The molecular formula is C19H19N3O5. The lowest BCUT2D eigenvalue weighted by Gasteiger charge is -2.20. The zero-order chi connectivity index (χ0) is 19.8. The van der Waals surface area contributed by atoms with Gasteiger partial charge in [0.15, 0.2) is 0 Å². The topological polar surface area (TPSA) is 96.4 Å². The van der Waals surface area contributed by atoms with E-state index in [0.29, 0.717) is 11.1 Å². The molecule has 2 aromatic heterocycles. The van der Waals surface area contributed by atoms with E-state index in [4.69, 9.17) is 4.74 Å². The van der Waals surface area contributed by atoms with E-state index in [1.165, 1.54) is 27.5 Å². The van der Waals surface area contributed by atoms with Gasteiger partial charge >= 0.3 is 17.3 Å². The van der Waals surface area contributed by atoms with Crippen LogP contribution in [0.4, 0.5) is 10.5 Å². The van der Waals surface area contributed by atoms with Crippen LogP contribution in [0.15, 0.2) is 53.6 Å². The van der Waals surface area contributed by atoms with Crippen LogP contribution in [0.2, 0.25) is 0 Å². The lowest BCUT2D eigenvalue weighted by Crippen LogP contribution is -2.27. The highest BCUT2D eigenvalue weighted by atomic mass is 16.6. The third-order valence-corrected chi connectivity index (χ3v) is 3.92. The van der Waals surface area contributed by atoms with Gasteiger partial charge in [-0.2, -0.15) is 0 Å². The number of ether oxygens (including phenoxy) is 1. The molecule has 0 aliphatic rings. The summed E-state index contributed by atoms with van der Waals surface area (Å²) in [6.07, 6.45) is 2.56. The minimum Gasteiger partial charge on any atom is -0.443 e. The summed E-state index contributed by atoms with van der Waals surface area (Å²) >= 11 is 0. The lowest BCUT2D eigenvalue weighted by atomic mass is 10.1. The van der Waals surface area contributed by atoms with Gasteiger partial charge in [-0.15, -0.1) is 0 Å². The Balaban J connectivity index is 2.07. The number of carbonyl (C=O) groups is 1. The molecule has 0 bridgehead atoms. The molecule has 1 aromatic carbocycles. The van der Waals surface area contributed by atoms with Gasteiger partial charge in [-0.25, -0.2) is 4.79 Å². The number of fused-ring (bicyclic) bond motifs is 1. The number of para-hydroxylation sites is 1. The molecule has 140 valence electrons. The van der Waals surface area contributed by atoms with Crippen molar-refractivity contribution in [2.75, 3.05) is 0 Å². The van der Waals surface area contributed by atoms with Crippen molar-refractivity contribution in [3.05, 3.63) is 74.8 Å². The van der Waals surface area contributed by atoms with Crippen LogP contribution in [0.3, 0.4) is 0 Å². The molecule has 3 aromatic rings. The molecule has 2 heterocycles. The van der Waals surface area contributed by atoms with Gasteiger partial charge in [-0.1, -0.05) is 18.2 Å². The first-order valence-corrected chi connectivity index (χ1v) is 8.33. The standard InChI is InChI=1S/C19H19N3O5/c1-19(2,3)27-18(24)21-11-9-13-6-4-7-14(16(13)21)12-20-10-5-8-15(17(20)23)22(25)26/h4-11H,12H2,1-3H3. The van der Waals surface area contributed by atoms with Crippen molar-refractivity contribution in [3.63, 3.8) is 0 Å². The van der Waals surface area contributed by atoms with Gasteiger partial charge in [0.2, 0.25) is 0 Å². The smallest absolute Gasteiger partial charge is 0.419 e. The largest absolute Gasteiger partial charge is 0.443 e. The second-order valence-electron chi connectivity index (χ2n) is 7.10. The van der Waals surface area contributed by atoms with Gasteiger partial charge in [0.25, 0.3) is 0 Å². The number of nitro groups is 1. The number of benzene rings is 1. The quantitative estimate of drug-likeness (QED) is 0.520. The van der Waals surface area contributed by atoms with Crippen LogP contribution in [-0.4, -0.2) is 25.8 Å². The van der Waals surface area contributed by atoms with Gasteiger partial charge < -0.3 is 9.30 Å². The second kappa shape index (κ2) is 6.71. The molecule has 0 unspecified atom stereocenters. The Morgan fingerprint density at radius 1 is 1.15 bits per heavy atom. The van der Waals surface area contributed by atoms with Crippen molar-refractivity contribution in [3.8, 4) is 0 Å². The zero-order valence-electron chi connectivity index (χ0n) is 15.2.